The summed E-state index contributed by atoms with van der Waals surface area (Å²) in [5, 5.41) is 1.20. The zero-order valence-electron chi connectivity index (χ0n) is 15.8. The summed E-state index contributed by atoms with van der Waals surface area (Å²) in [6.07, 6.45) is 1.80. The molecule has 1 amide bonds. The Labute approximate surface area is 164 Å². The molecule has 1 saturated heterocycles. The Morgan fingerprint density at radius 1 is 1.31 bits per heavy atom. The summed E-state index contributed by atoms with van der Waals surface area (Å²) >= 11 is 7.79. The SMILES string of the molecule is CCN=C1S/C(=C/c2cc(Cl)c(OC(C)C)c(OCC)c2)C(=O)N1CC. The molecule has 2 rings (SSSR count). The van der Waals surface area contributed by atoms with Crippen molar-refractivity contribution >= 4 is 40.5 Å². The molecule has 0 spiro atoms. The molecule has 0 aliphatic carbocycles. The Morgan fingerprint density at radius 3 is 2.62 bits per heavy atom. The maximum absolute atomic E-state index is 12.6. The molecule has 1 aromatic rings. The number of thioether (sulfide) groups is 1. The van der Waals surface area contributed by atoms with E-state index >= 15 is 0 Å². The van der Waals surface area contributed by atoms with Crippen molar-refractivity contribution in [2.24, 2.45) is 4.99 Å². The number of likely N-dealkylation sites (N-methyl/N-ethyl adjacent to an activating group) is 1. The van der Waals surface area contributed by atoms with E-state index in [1.54, 1.807) is 11.0 Å². The number of amides is 1. The molecule has 0 atom stereocenters. The Balaban J connectivity index is 2.41. The molecule has 0 aromatic heterocycles. The first-order valence-electron chi connectivity index (χ1n) is 8.80. The number of amidine groups is 1. The van der Waals surface area contributed by atoms with Crippen LogP contribution >= 0.6 is 23.4 Å². The van der Waals surface area contributed by atoms with E-state index < -0.39 is 0 Å². The first-order chi connectivity index (χ1) is 12.4. The van der Waals surface area contributed by atoms with Crippen molar-refractivity contribution in [2.75, 3.05) is 19.7 Å². The maximum atomic E-state index is 12.6. The minimum absolute atomic E-state index is 0.0196. The van der Waals surface area contributed by atoms with Crippen LogP contribution in [0.15, 0.2) is 22.0 Å². The summed E-state index contributed by atoms with van der Waals surface area (Å²) in [4.78, 5) is 19.3. The van der Waals surface area contributed by atoms with Crippen LogP contribution in [0.5, 0.6) is 11.5 Å². The summed E-state index contributed by atoms with van der Waals surface area (Å²) in [6, 6.07) is 3.63. The number of hydrogen-bond acceptors (Lipinski definition) is 5. The van der Waals surface area contributed by atoms with Gasteiger partial charge >= 0.3 is 0 Å². The number of halogens is 1. The quantitative estimate of drug-likeness (QED) is 0.619. The summed E-state index contributed by atoms with van der Waals surface area (Å²) in [7, 11) is 0. The minimum atomic E-state index is -0.0405. The van der Waals surface area contributed by atoms with Crippen LogP contribution in [0.1, 0.15) is 40.2 Å². The molecule has 26 heavy (non-hydrogen) atoms. The fraction of sp³-hybridized carbons (Fsp3) is 0.474. The van der Waals surface area contributed by atoms with Gasteiger partial charge in [-0.2, -0.15) is 0 Å². The molecular weight excluding hydrogens is 372 g/mol. The summed E-state index contributed by atoms with van der Waals surface area (Å²) in [5.74, 6) is 1.06. The van der Waals surface area contributed by atoms with Crippen LogP contribution in [-0.4, -0.2) is 41.8 Å². The van der Waals surface area contributed by atoms with Crippen molar-refractivity contribution in [1.29, 1.82) is 0 Å². The fourth-order valence-corrected chi connectivity index (χ4v) is 3.84. The highest BCUT2D eigenvalue weighted by Gasteiger charge is 2.31. The number of hydrogen-bond donors (Lipinski definition) is 0. The minimum Gasteiger partial charge on any atom is -0.490 e. The predicted octanol–water partition coefficient (Wildman–Crippen LogP) is 4.84. The van der Waals surface area contributed by atoms with Gasteiger partial charge in [-0.05, 0) is 70.2 Å². The Hall–Kier alpha value is -1.66. The molecule has 0 unspecified atom stereocenters. The van der Waals surface area contributed by atoms with Crippen LogP contribution in [0.25, 0.3) is 6.08 Å². The molecule has 142 valence electrons. The number of rotatable bonds is 7. The number of ether oxygens (including phenoxy) is 2. The topological polar surface area (TPSA) is 51.1 Å². The lowest BCUT2D eigenvalue weighted by molar-refractivity contribution is -0.122. The number of aliphatic imine (C=N–C) groups is 1. The summed E-state index contributed by atoms with van der Waals surface area (Å²) < 4.78 is 11.5. The number of nitrogens with zero attached hydrogens (tertiary/aromatic N) is 2. The molecule has 1 aromatic carbocycles. The third kappa shape index (κ3) is 4.74. The van der Waals surface area contributed by atoms with Gasteiger partial charge in [0.15, 0.2) is 16.7 Å². The Bertz CT molecular complexity index is 732. The van der Waals surface area contributed by atoms with Gasteiger partial charge in [-0.25, -0.2) is 0 Å². The second-order valence-electron chi connectivity index (χ2n) is 5.85. The van der Waals surface area contributed by atoms with Crippen LogP contribution in [0.4, 0.5) is 0 Å². The Kier molecular flexibility index (Phi) is 7.41. The van der Waals surface area contributed by atoms with Crippen LogP contribution in [0, 0.1) is 0 Å². The average Bonchev–Trinajstić information content (AvgIpc) is 2.86. The van der Waals surface area contributed by atoms with Gasteiger partial charge in [0, 0.05) is 13.1 Å². The molecule has 1 aliphatic heterocycles. The van der Waals surface area contributed by atoms with E-state index in [1.807, 2.05) is 46.8 Å². The van der Waals surface area contributed by atoms with Gasteiger partial charge in [0.1, 0.15) is 0 Å². The van der Waals surface area contributed by atoms with Crippen molar-refractivity contribution in [2.45, 2.75) is 40.7 Å². The van der Waals surface area contributed by atoms with Crippen LogP contribution in [0.3, 0.4) is 0 Å². The second-order valence-corrected chi connectivity index (χ2v) is 7.26. The smallest absolute Gasteiger partial charge is 0.266 e. The van der Waals surface area contributed by atoms with Gasteiger partial charge in [0.05, 0.1) is 22.6 Å². The highest BCUT2D eigenvalue weighted by Crippen LogP contribution is 2.39. The highest BCUT2D eigenvalue weighted by molar-refractivity contribution is 8.18. The van der Waals surface area contributed by atoms with E-state index in [9.17, 15) is 4.79 Å². The molecule has 0 N–H and O–H groups in total. The van der Waals surface area contributed by atoms with Crippen molar-refractivity contribution in [3.8, 4) is 11.5 Å². The van der Waals surface area contributed by atoms with E-state index in [0.29, 0.717) is 41.1 Å². The third-order valence-corrected chi connectivity index (χ3v) is 4.81. The average molecular weight is 397 g/mol. The zero-order valence-corrected chi connectivity index (χ0v) is 17.4. The first-order valence-corrected chi connectivity index (χ1v) is 9.99. The van der Waals surface area contributed by atoms with Gasteiger partial charge in [-0.3, -0.25) is 14.7 Å². The van der Waals surface area contributed by atoms with Crippen LogP contribution in [0.2, 0.25) is 5.02 Å². The van der Waals surface area contributed by atoms with E-state index in [-0.39, 0.29) is 12.0 Å². The van der Waals surface area contributed by atoms with Crippen molar-refractivity contribution in [1.82, 2.24) is 4.90 Å². The molecule has 1 heterocycles. The monoisotopic (exact) mass is 396 g/mol. The number of benzene rings is 1. The molecule has 0 saturated carbocycles. The third-order valence-electron chi connectivity index (χ3n) is 3.48. The van der Waals surface area contributed by atoms with Crippen LogP contribution < -0.4 is 9.47 Å². The van der Waals surface area contributed by atoms with Crippen molar-refractivity contribution in [3.63, 3.8) is 0 Å². The molecule has 7 heteroatoms. The standard InChI is InChI=1S/C19H25ClN2O3S/c1-6-21-19-22(7-2)18(23)16(26-19)11-13-9-14(20)17(25-12(4)5)15(10-13)24-8-3/h9-12H,6-8H2,1-5H3/b16-11+,21-19?. The summed E-state index contributed by atoms with van der Waals surface area (Å²) in [5.41, 5.74) is 0.791. The molecule has 1 fully saturated rings. The van der Waals surface area contributed by atoms with Gasteiger partial charge in [0.2, 0.25) is 0 Å². The van der Waals surface area contributed by atoms with Gasteiger partial charge < -0.3 is 9.47 Å². The molecule has 5 nitrogen and oxygen atoms in total. The first kappa shape index (κ1) is 20.6. The normalized spacial score (nSPS) is 17.7. The second kappa shape index (κ2) is 9.33. The molecule has 1 aliphatic rings. The fourth-order valence-electron chi connectivity index (χ4n) is 2.48. The van der Waals surface area contributed by atoms with E-state index in [0.717, 1.165) is 10.7 Å². The number of carbonyl (C=O) groups is 1. The lowest BCUT2D eigenvalue weighted by atomic mass is 10.1. The molecule has 0 radical (unpaired) electrons. The maximum Gasteiger partial charge on any atom is 0.266 e. The van der Waals surface area contributed by atoms with Crippen LogP contribution in [-0.2, 0) is 4.79 Å². The lowest BCUT2D eigenvalue weighted by Crippen LogP contribution is -2.28. The lowest BCUT2D eigenvalue weighted by Gasteiger charge is -2.16. The van der Waals surface area contributed by atoms with E-state index in [4.69, 9.17) is 21.1 Å². The van der Waals surface area contributed by atoms with Gasteiger partial charge in [-0.1, -0.05) is 11.6 Å². The van der Waals surface area contributed by atoms with Crippen molar-refractivity contribution < 1.29 is 14.3 Å². The van der Waals surface area contributed by atoms with Gasteiger partial charge in [0.25, 0.3) is 5.91 Å². The Morgan fingerprint density at radius 2 is 2.04 bits per heavy atom. The van der Waals surface area contributed by atoms with Crippen molar-refractivity contribution in [3.05, 3.63) is 27.6 Å². The van der Waals surface area contributed by atoms with E-state index in [1.165, 1.54) is 11.8 Å². The molecule has 0 bridgehead atoms. The molecular formula is C19H25ClN2O3S. The van der Waals surface area contributed by atoms with Gasteiger partial charge in [-0.15, -0.1) is 0 Å². The highest BCUT2D eigenvalue weighted by atomic mass is 35.5. The largest absolute Gasteiger partial charge is 0.490 e. The zero-order chi connectivity index (χ0) is 19.3. The predicted molar refractivity (Wildman–Crippen MR) is 109 cm³/mol. The van der Waals surface area contributed by atoms with E-state index in [2.05, 4.69) is 4.99 Å². The number of carbonyl (C=O) groups excluding carboxylic acids is 1. The summed E-state index contributed by atoms with van der Waals surface area (Å²) in [6.45, 7) is 11.4.